The average Bonchev–Trinajstić information content (AvgIpc) is 3.62. The van der Waals surface area contributed by atoms with E-state index in [9.17, 15) is 9.59 Å². The van der Waals surface area contributed by atoms with Crippen LogP contribution in [-0.4, -0.2) is 71.4 Å². The molecule has 1 amide bonds. The van der Waals surface area contributed by atoms with E-state index < -0.39 is 0 Å². The van der Waals surface area contributed by atoms with Crippen LogP contribution in [0.4, 0.5) is 5.82 Å². The van der Waals surface area contributed by atoms with Gasteiger partial charge in [0.25, 0.3) is 5.91 Å². The quantitative estimate of drug-likeness (QED) is 0.452. The van der Waals surface area contributed by atoms with E-state index >= 15 is 0 Å². The van der Waals surface area contributed by atoms with E-state index in [-0.39, 0.29) is 29.2 Å². The van der Waals surface area contributed by atoms with E-state index in [1.807, 2.05) is 17.0 Å². The number of aromatic nitrogens is 1. The molecule has 5 heterocycles. The normalized spacial score (nSPS) is 22.6. The fourth-order valence-corrected chi connectivity index (χ4v) is 7.55. The molecule has 0 radical (unpaired) electrons. The number of hydrogen-bond acceptors (Lipinski definition) is 7. The van der Waals surface area contributed by atoms with Crippen LogP contribution in [0.3, 0.4) is 0 Å². The minimum atomic E-state index is -0.242. The molecule has 2 aromatic heterocycles. The molecular formula is C29H38N6O2S. The van der Waals surface area contributed by atoms with Gasteiger partial charge in [-0.3, -0.25) is 23.9 Å². The predicted octanol–water partition coefficient (Wildman–Crippen LogP) is 4.22. The zero-order valence-corrected chi connectivity index (χ0v) is 23.4. The summed E-state index contributed by atoms with van der Waals surface area (Å²) in [4.78, 5) is 37.9. The van der Waals surface area contributed by atoms with E-state index in [0.717, 1.165) is 66.3 Å². The van der Waals surface area contributed by atoms with Gasteiger partial charge in [-0.15, -0.1) is 11.3 Å². The van der Waals surface area contributed by atoms with Crippen molar-refractivity contribution < 1.29 is 4.79 Å². The maximum Gasteiger partial charge on any atom is 0.261 e. The number of hydrogen-bond donors (Lipinski definition) is 2. The Labute approximate surface area is 227 Å². The Hall–Kier alpha value is -2.75. The molecule has 0 bridgehead atoms. The number of aliphatic imine (C=N–C) groups is 1. The average molecular weight is 535 g/mol. The summed E-state index contributed by atoms with van der Waals surface area (Å²) in [6.07, 6.45) is 5.76. The summed E-state index contributed by atoms with van der Waals surface area (Å²) in [6.45, 7) is 11.0. The summed E-state index contributed by atoms with van der Waals surface area (Å²) >= 11 is 1.53. The lowest BCUT2D eigenvalue weighted by Gasteiger charge is -2.33. The molecule has 3 atom stereocenters. The second-order valence-electron chi connectivity index (χ2n) is 11.3. The monoisotopic (exact) mass is 534 g/mol. The van der Waals surface area contributed by atoms with E-state index in [2.05, 4.69) is 52.8 Å². The molecule has 38 heavy (non-hydrogen) atoms. The molecular weight excluding hydrogens is 496 g/mol. The Kier molecular flexibility index (Phi) is 7.01. The Morgan fingerprint density at radius 1 is 1.24 bits per heavy atom. The number of carbonyl (C=O) groups excluding carboxylic acids is 1. The molecule has 0 aliphatic carbocycles. The number of nitrogens with one attached hydrogen (secondary N) is 2. The van der Waals surface area contributed by atoms with Crippen molar-refractivity contribution in [1.82, 2.24) is 19.5 Å². The number of likely N-dealkylation sites (tertiary alicyclic amines) is 1. The summed E-state index contributed by atoms with van der Waals surface area (Å²) in [7, 11) is 0. The van der Waals surface area contributed by atoms with Crippen LogP contribution in [0.2, 0.25) is 0 Å². The van der Waals surface area contributed by atoms with E-state index in [0.29, 0.717) is 23.9 Å². The molecule has 2 saturated heterocycles. The first-order valence-corrected chi connectivity index (χ1v) is 14.9. The van der Waals surface area contributed by atoms with Gasteiger partial charge in [0.1, 0.15) is 16.2 Å². The van der Waals surface area contributed by atoms with Crippen molar-refractivity contribution in [2.45, 2.75) is 58.8 Å². The summed E-state index contributed by atoms with van der Waals surface area (Å²) in [5, 5.41) is 7.04. The Balaban J connectivity index is 1.44. The molecule has 2 N–H and O–H groups in total. The van der Waals surface area contributed by atoms with Crippen LogP contribution < -0.4 is 16.1 Å². The fourth-order valence-electron chi connectivity index (χ4n) is 6.36. The van der Waals surface area contributed by atoms with Crippen LogP contribution in [0.25, 0.3) is 15.0 Å². The minimum absolute atomic E-state index is 0.144. The van der Waals surface area contributed by atoms with Gasteiger partial charge in [-0.05, 0) is 49.7 Å². The smallest absolute Gasteiger partial charge is 0.261 e. The number of pyridine rings is 1. The zero-order valence-electron chi connectivity index (χ0n) is 22.6. The second-order valence-corrected chi connectivity index (χ2v) is 12.3. The lowest BCUT2D eigenvalue weighted by Crippen LogP contribution is -2.45. The highest BCUT2D eigenvalue weighted by Crippen LogP contribution is 2.35. The summed E-state index contributed by atoms with van der Waals surface area (Å²) < 4.78 is 3.15. The van der Waals surface area contributed by atoms with E-state index in [4.69, 9.17) is 4.99 Å². The Morgan fingerprint density at radius 3 is 2.89 bits per heavy atom. The van der Waals surface area contributed by atoms with Gasteiger partial charge in [0.2, 0.25) is 5.43 Å². The van der Waals surface area contributed by atoms with Crippen molar-refractivity contribution in [3.63, 3.8) is 0 Å². The predicted molar refractivity (Wildman–Crippen MR) is 156 cm³/mol. The van der Waals surface area contributed by atoms with Crippen molar-refractivity contribution in [3.05, 3.63) is 45.6 Å². The first-order chi connectivity index (χ1) is 18.5. The van der Waals surface area contributed by atoms with Gasteiger partial charge >= 0.3 is 0 Å². The van der Waals surface area contributed by atoms with Crippen LogP contribution in [0.1, 0.15) is 62.4 Å². The fraction of sp³-hybridized carbons (Fsp3) is 0.552. The Bertz CT molecular complexity index is 1440. The van der Waals surface area contributed by atoms with Gasteiger partial charge in [0, 0.05) is 45.0 Å². The standard InChI is InChI=1S/C29H38N6O2S/c1-4-12-33(13-7-8-18(2)3)29-31-16-20-25(36)24(27(37)34-14-11-19-15-30-17-22(19)34)28-35(26(20)32-29)21-9-5-6-10-23(21)38-28/h5-6,9-10,16,18-19,22,29-30,32H,4,7-8,11-15,17H2,1-3H3. The van der Waals surface area contributed by atoms with Gasteiger partial charge in [-0.25, -0.2) is 0 Å². The number of benzene rings is 1. The van der Waals surface area contributed by atoms with Crippen molar-refractivity contribution in [2.24, 2.45) is 16.8 Å². The SMILES string of the molecule is CCCN(CCCC(C)C)C1N=Cc2c(n3c(sc4ccccc43)c(C(=O)N3CCC4CNCC43)c2=O)N1. The van der Waals surface area contributed by atoms with Crippen molar-refractivity contribution in [2.75, 3.05) is 38.0 Å². The minimum Gasteiger partial charge on any atom is -0.336 e. The number of para-hydroxylation sites is 1. The summed E-state index contributed by atoms with van der Waals surface area (Å²) in [5.41, 5.74) is 1.54. The maximum absolute atomic E-state index is 14.0. The molecule has 3 unspecified atom stereocenters. The van der Waals surface area contributed by atoms with Gasteiger partial charge < -0.3 is 15.5 Å². The van der Waals surface area contributed by atoms with E-state index in [1.54, 1.807) is 6.21 Å². The molecule has 8 nitrogen and oxygen atoms in total. The first-order valence-electron chi connectivity index (χ1n) is 14.1. The number of rotatable bonds is 8. The van der Waals surface area contributed by atoms with Gasteiger partial charge in [0.05, 0.1) is 15.8 Å². The van der Waals surface area contributed by atoms with Gasteiger partial charge in [-0.2, -0.15) is 0 Å². The number of amides is 1. The molecule has 1 aromatic carbocycles. The number of nitrogens with zero attached hydrogens (tertiary/aromatic N) is 4. The van der Waals surface area contributed by atoms with Gasteiger partial charge in [0.15, 0.2) is 6.29 Å². The highest BCUT2D eigenvalue weighted by Gasteiger charge is 2.42. The largest absolute Gasteiger partial charge is 0.336 e. The third-order valence-electron chi connectivity index (χ3n) is 8.29. The van der Waals surface area contributed by atoms with Crippen LogP contribution in [0.5, 0.6) is 0 Å². The molecule has 6 rings (SSSR count). The van der Waals surface area contributed by atoms with Crippen molar-refractivity contribution in [3.8, 4) is 0 Å². The van der Waals surface area contributed by atoms with E-state index in [1.165, 1.54) is 17.8 Å². The molecule has 0 spiro atoms. The number of carbonyl (C=O) groups is 1. The maximum atomic E-state index is 14.0. The number of thiazole rings is 1. The molecule has 0 saturated carbocycles. The van der Waals surface area contributed by atoms with Crippen LogP contribution in [0, 0.1) is 11.8 Å². The first kappa shape index (κ1) is 25.5. The molecule has 3 aliphatic heterocycles. The van der Waals surface area contributed by atoms with Crippen molar-refractivity contribution in [1.29, 1.82) is 0 Å². The van der Waals surface area contributed by atoms with Crippen LogP contribution in [0.15, 0.2) is 34.1 Å². The van der Waals surface area contributed by atoms with Gasteiger partial charge in [-0.1, -0.05) is 32.9 Å². The molecule has 3 aromatic rings. The molecule has 9 heteroatoms. The number of anilines is 1. The lowest BCUT2D eigenvalue weighted by molar-refractivity contribution is 0.0737. The number of fused-ring (bicyclic) bond motifs is 6. The summed E-state index contributed by atoms with van der Waals surface area (Å²) in [6, 6.07) is 8.32. The molecule has 2 fully saturated rings. The summed E-state index contributed by atoms with van der Waals surface area (Å²) in [5.74, 6) is 1.74. The zero-order chi connectivity index (χ0) is 26.4. The van der Waals surface area contributed by atoms with Crippen LogP contribution in [-0.2, 0) is 0 Å². The molecule has 3 aliphatic rings. The third-order valence-corrected chi connectivity index (χ3v) is 9.44. The van der Waals surface area contributed by atoms with Crippen molar-refractivity contribution >= 4 is 44.3 Å². The third kappa shape index (κ3) is 4.34. The van der Waals surface area contributed by atoms with Crippen LogP contribution >= 0.6 is 11.3 Å². The topological polar surface area (TPSA) is 81.5 Å². The highest BCUT2D eigenvalue weighted by atomic mass is 32.1. The highest BCUT2D eigenvalue weighted by molar-refractivity contribution is 7.24. The second kappa shape index (κ2) is 10.4. The Morgan fingerprint density at radius 2 is 2.08 bits per heavy atom. The molecule has 202 valence electrons. The lowest BCUT2D eigenvalue weighted by atomic mass is 10.0.